The molecule has 4 atom stereocenters. The van der Waals surface area contributed by atoms with Gasteiger partial charge in [-0.25, -0.2) is 14.1 Å². The first-order chi connectivity index (χ1) is 26.1. The van der Waals surface area contributed by atoms with Crippen molar-refractivity contribution in [2.24, 2.45) is 5.16 Å². The molecular weight excluding hydrogens is 806 g/mol. The van der Waals surface area contributed by atoms with Crippen molar-refractivity contribution in [3.8, 4) is 11.5 Å². The third-order valence-electron chi connectivity index (χ3n) is 9.16. The van der Waals surface area contributed by atoms with E-state index in [-0.39, 0.29) is 43.9 Å². The number of aromatic hydroxyl groups is 2. The Balaban J connectivity index is 1.20. The van der Waals surface area contributed by atoms with E-state index in [4.69, 9.17) is 26.7 Å². The lowest BCUT2D eigenvalue weighted by molar-refractivity contribution is -0.897. The van der Waals surface area contributed by atoms with Crippen molar-refractivity contribution in [2.45, 2.75) is 43.9 Å². The van der Waals surface area contributed by atoms with Crippen molar-refractivity contribution in [3.63, 3.8) is 0 Å². The van der Waals surface area contributed by atoms with E-state index < -0.39 is 81.3 Å². The highest BCUT2D eigenvalue weighted by Gasteiger charge is 2.54. The number of halogens is 1. The normalized spacial score (nSPS) is 21.3. The molecule has 4 heterocycles. The number of likely N-dealkylation sites (tertiary alicyclic amines) is 1. The zero-order chi connectivity index (χ0) is 41.3. The number of oxime groups is 1. The van der Waals surface area contributed by atoms with Gasteiger partial charge < -0.3 is 50.8 Å². The SMILES string of the molecule is CC(C)(O/N=C(\C(=O)NC1C(=O)N(S(=O)(=O)O)[C@H]1CNC(=O)c1cc([C@@H]2CC[N+](C)(CCNC(=O)c3ccc(O)c(O)c3Cl)C2)no1)c1csc(N)n1)C(=O)O. The molecule has 302 valence electrons. The van der Waals surface area contributed by atoms with Crippen LogP contribution < -0.4 is 21.7 Å². The molecule has 3 aromatic rings. The lowest BCUT2D eigenvalue weighted by atomic mass is 9.98. The predicted octanol–water partition coefficient (Wildman–Crippen LogP) is -0.346. The number of carboxylic acid groups (broad SMARTS) is 1. The van der Waals surface area contributed by atoms with Gasteiger partial charge >= 0.3 is 16.3 Å². The molecule has 1 aromatic carbocycles. The number of rotatable bonds is 15. The number of anilines is 1. The number of hydrogen-bond acceptors (Lipinski definition) is 16. The fourth-order valence-corrected chi connectivity index (χ4v) is 7.61. The second-order valence-electron chi connectivity index (χ2n) is 13.7. The molecule has 0 bridgehead atoms. The second kappa shape index (κ2) is 15.9. The van der Waals surface area contributed by atoms with Gasteiger partial charge in [0.1, 0.15) is 11.7 Å². The number of nitrogens with one attached hydrogen (secondary N) is 3. The summed E-state index contributed by atoms with van der Waals surface area (Å²) >= 11 is 6.90. The van der Waals surface area contributed by atoms with Gasteiger partial charge in [0.15, 0.2) is 22.3 Å². The summed E-state index contributed by atoms with van der Waals surface area (Å²) in [5.74, 6) is -6.66. The van der Waals surface area contributed by atoms with E-state index in [9.17, 15) is 52.3 Å². The van der Waals surface area contributed by atoms with Crippen molar-refractivity contribution >= 4 is 73.7 Å². The molecule has 9 N–H and O–H groups in total. The van der Waals surface area contributed by atoms with Gasteiger partial charge in [-0.2, -0.15) is 8.42 Å². The van der Waals surface area contributed by atoms with E-state index in [1.165, 1.54) is 17.5 Å². The number of aromatic nitrogens is 2. The topological polar surface area (TPSA) is 326 Å². The molecule has 0 spiro atoms. The van der Waals surface area contributed by atoms with Crippen LogP contribution in [0.5, 0.6) is 11.5 Å². The molecule has 22 nitrogen and oxygen atoms in total. The van der Waals surface area contributed by atoms with Gasteiger partial charge in [-0.3, -0.25) is 23.7 Å². The number of nitrogens with two attached hydrogens (primary N) is 1. The molecule has 0 saturated carbocycles. The Morgan fingerprint density at radius 1 is 1.21 bits per heavy atom. The highest BCUT2D eigenvalue weighted by Crippen LogP contribution is 2.35. The zero-order valence-corrected chi connectivity index (χ0v) is 32.1. The van der Waals surface area contributed by atoms with Crippen LogP contribution in [0.3, 0.4) is 0 Å². The van der Waals surface area contributed by atoms with Gasteiger partial charge in [0.25, 0.3) is 23.6 Å². The minimum absolute atomic E-state index is 0.00214. The smallest absolute Gasteiger partial charge is 0.362 e. The average Bonchev–Trinajstić information content (AvgIpc) is 3.87. The summed E-state index contributed by atoms with van der Waals surface area (Å²) < 4.78 is 39.7. The number of amides is 4. The molecule has 2 fully saturated rings. The van der Waals surface area contributed by atoms with Gasteiger partial charge in [0, 0.05) is 24.4 Å². The van der Waals surface area contributed by atoms with E-state index in [1.54, 1.807) is 0 Å². The maximum atomic E-state index is 13.3. The first-order valence-electron chi connectivity index (χ1n) is 16.5. The highest BCUT2D eigenvalue weighted by atomic mass is 35.5. The van der Waals surface area contributed by atoms with Crippen LogP contribution in [0.15, 0.2) is 33.3 Å². The van der Waals surface area contributed by atoms with Crippen LogP contribution in [0.4, 0.5) is 5.13 Å². The zero-order valence-electron chi connectivity index (χ0n) is 29.8. The Morgan fingerprint density at radius 2 is 1.93 bits per heavy atom. The van der Waals surface area contributed by atoms with Crippen LogP contribution in [-0.2, 0) is 29.5 Å². The number of phenolic OH excluding ortho intramolecular Hbond substituents is 2. The fourth-order valence-electron chi connectivity index (χ4n) is 5.93. The molecule has 56 heavy (non-hydrogen) atoms. The predicted molar refractivity (Wildman–Crippen MR) is 194 cm³/mol. The third kappa shape index (κ3) is 8.94. The summed E-state index contributed by atoms with van der Waals surface area (Å²) in [6.07, 6.45) is 0.655. The maximum Gasteiger partial charge on any atom is 0.362 e. The number of likely N-dealkylation sites (N-methyl/N-ethyl adjacent to an activating group) is 1. The van der Waals surface area contributed by atoms with Gasteiger partial charge in [0.2, 0.25) is 11.4 Å². The van der Waals surface area contributed by atoms with Gasteiger partial charge in [-0.1, -0.05) is 21.9 Å². The number of thiazole rings is 1. The summed E-state index contributed by atoms with van der Waals surface area (Å²) in [4.78, 5) is 72.3. The summed E-state index contributed by atoms with van der Waals surface area (Å²) in [5.41, 5.74) is 3.46. The number of aliphatic carboxylic acids is 1. The number of carboxylic acids is 1. The van der Waals surface area contributed by atoms with Crippen LogP contribution in [0, 0.1) is 0 Å². The third-order valence-corrected chi connectivity index (χ3v) is 11.2. The number of nitrogens with zero attached hydrogens (tertiary/aromatic N) is 5. The molecule has 2 aliphatic heterocycles. The largest absolute Gasteiger partial charge is 0.504 e. The molecular formula is C31H37ClN9O13S2+. The fraction of sp³-hybridized carbons (Fsp3) is 0.419. The van der Waals surface area contributed by atoms with Crippen LogP contribution >= 0.6 is 22.9 Å². The van der Waals surface area contributed by atoms with Crippen LogP contribution in [-0.4, -0.2) is 140 Å². The van der Waals surface area contributed by atoms with E-state index in [1.807, 2.05) is 7.05 Å². The summed E-state index contributed by atoms with van der Waals surface area (Å²) in [7, 11) is -3.18. The first kappa shape index (κ1) is 41.6. The molecule has 0 aliphatic carbocycles. The Bertz CT molecular complexity index is 2210. The van der Waals surface area contributed by atoms with Crippen LogP contribution in [0.2, 0.25) is 5.02 Å². The second-order valence-corrected chi connectivity index (χ2v) is 16.2. The number of phenols is 2. The van der Waals surface area contributed by atoms with Crippen LogP contribution in [0.25, 0.3) is 0 Å². The number of carbonyl (C=O) groups is 5. The summed E-state index contributed by atoms with van der Waals surface area (Å²) in [6, 6.07) is 0.685. The maximum absolute atomic E-state index is 13.3. The van der Waals surface area contributed by atoms with Crippen molar-refractivity contribution in [1.29, 1.82) is 0 Å². The van der Waals surface area contributed by atoms with Crippen LogP contribution in [0.1, 0.15) is 58.5 Å². The molecule has 2 saturated heterocycles. The Hall–Kier alpha value is -5.56. The van der Waals surface area contributed by atoms with Gasteiger partial charge in [-0.15, -0.1) is 11.3 Å². The van der Waals surface area contributed by atoms with Gasteiger partial charge in [-0.05, 0) is 26.0 Å². The van der Waals surface area contributed by atoms with Crippen molar-refractivity contribution in [1.82, 2.24) is 30.4 Å². The van der Waals surface area contributed by atoms with E-state index in [0.717, 1.165) is 31.3 Å². The lowest BCUT2D eigenvalue weighted by Crippen LogP contribution is -2.74. The van der Waals surface area contributed by atoms with E-state index in [2.05, 4.69) is 31.2 Å². The Labute approximate surface area is 326 Å². The van der Waals surface area contributed by atoms with Crippen molar-refractivity contribution in [3.05, 3.63) is 51.3 Å². The number of hydrogen-bond donors (Lipinski definition) is 8. The van der Waals surface area contributed by atoms with E-state index in [0.29, 0.717) is 36.2 Å². The standard InChI is InChI=1S/C31H36ClN9O13S2/c1-31(2,29(48)49)54-39-22(17-13-55-30(33)36-17)27(46)37-23-18(40(28(23)47)56(50,51)52)11-35-26(45)20-10-16(38-53-20)14-6-8-41(3,12-14)9-7-34-25(44)15-4-5-19(42)24(43)21(15)32/h4-5,10,13-14,18,23H,6-9,11-12H2,1-3H3,(H8-,33,34,35,36,37,38,39,42,43,44,45,46,48,49,50,51,52)/p+1/t14-,18+,23?,41?/m1/s1. The number of carbonyl (C=O) groups excluding carboxylic acids is 4. The Kier molecular flexibility index (Phi) is 11.8. The highest BCUT2D eigenvalue weighted by molar-refractivity contribution is 7.84. The lowest BCUT2D eigenvalue weighted by Gasteiger charge is -2.44. The average molecular weight is 843 g/mol. The number of nitrogen functional groups attached to an aromatic ring is 1. The number of β-lactam (4-membered cyclic amide) rings is 1. The first-order valence-corrected chi connectivity index (χ1v) is 19.2. The molecule has 2 aromatic heterocycles. The summed E-state index contributed by atoms with van der Waals surface area (Å²) in [6.45, 7) is 3.72. The van der Waals surface area contributed by atoms with E-state index >= 15 is 0 Å². The molecule has 2 unspecified atom stereocenters. The summed E-state index contributed by atoms with van der Waals surface area (Å²) in [5, 5.41) is 44.8. The van der Waals surface area contributed by atoms with Gasteiger partial charge in [0.05, 0.1) is 61.5 Å². The molecule has 25 heteroatoms. The monoisotopic (exact) mass is 842 g/mol. The number of benzene rings is 1. The molecule has 0 radical (unpaired) electrons. The van der Waals surface area contributed by atoms with Crippen molar-refractivity contribution in [2.75, 3.05) is 45.5 Å². The quantitative estimate of drug-likeness (QED) is 0.0242. The minimum Gasteiger partial charge on any atom is -0.504 e. The molecule has 4 amide bonds. The van der Waals surface area contributed by atoms with Crippen molar-refractivity contribution < 1.29 is 66.1 Å². The molecule has 2 aliphatic rings. The minimum atomic E-state index is -5.15. The molecule has 5 rings (SSSR count). The number of quaternary nitrogens is 1. The Morgan fingerprint density at radius 3 is 2.57 bits per heavy atom.